The average Bonchev–Trinajstić information content (AvgIpc) is 1.63. The molecule has 0 aliphatic rings. The number of carbonyl (C=O) groups is 5. The summed E-state index contributed by atoms with van der Waals surface area (Å²) in [4.78, 5) is 83.4. The zero-order chi connectivity index (χ0) is 91.4. The largest absolute Gasteiger partial charge is 0.508 e. The molecule has 0 atom stereocenters. The van der Waals surface area contributed by atoms with Crippen molar-refractivity contribution in [3.63, 3.8) is 0 Å². The van der Waals surface area contributed by atoms with Gasteiger partial charge >= 0.3 is 29.8 Å². The van der Waals surface area contributed by atoms with Crippen LogP contribution in [0.3, 0.4) is 0 Å². The molecule has 5 heterocycles. The molecule has 5 aromatic heterocycles. The quantitative estimate of drug-likeness (QED) is 0.0294. The highest BCUT2D eigenvalue weighted by atomic mass is 19.1. The van der Waals surface area contributed by atoms with Crippen LogP contribution in [-0.4, -0.2) is 100 Å². The summed E-state index contributed by atoms with van der Waals surface area (Å²) < 4.78 is 23.9. The van der Waals surface area contributed by atoms with E-state index >= 15 is 0 Å². The Morgan fingerprint density at radius 3 is 0.992 bits per heavy atom. The van der Waals surface area contributed by atoms with Crippen LogP contribution < -0.4 is 10.6 Å². The summed E-state index contributed by atoms with van der Waals surface area (Å²) in [5.41, 5.74) is 33.3. The zero-order valence-corrected chi connectivity index (χ0v) is 75.0. The Morgan fingerprint density at radius 2 is 0.638 bits per heavy atom. The second-order valence-corrected chi connectivity index (χ2v) is 31.5. The van der Waals surface area contributed by atoms with Crippen molar-refractivity contribution in [2.24, 2.45) is 61.0 Å². The van der Waals surface area contributed by atoms with Gasteiger partial charge in [-0.25, -0.2) is 28.4 Å². The fourth-order valence-electron chi connectivity index (χ4n) is 15.0. The van der Waals surface area contributed by atoms with Gasteiger partial charge in [0.25, 0.3) is 0 Å². The van der Waals surface area contributed by atoms with Crippen LogP contribution in [0.4, 0.5) is 15.8 Å². The number of halogens is 1. The lowest BCUT2D eigenvalue weighted by molar-refractivity contribution is -0.141. The molecule has 0 unspecified atom stereocenters. The van der Waals surface area contributed by atoms with Crippen molar-refractivity contribution in [2.75, 3.05) is 24.7 Å². The number of anilines is 2. The van der Waals surface area contributed by atoms with Crippen LogP contribution in [0.2, 0.25) is 0 Å². The lowest BCUT2D eigenvalue weighted by atomic mass is 9.97. The van der Waals surface area contributed by atoms with Gasteiger partial charge in [0.2, 0.25) is 0 Å². The van der Waals surface area contributed by atoms with Crippen molar-refractivity contribution in [2.45, 2.75) is 108 Å². The van der Waals surface area contributed by atoms with E-state index < -0.39 is 29.8 Å². The number of fused-ring (bicyclic) bond motifs is 5. The standard InChI is InChI=1S/C22H25N3O2.C21H22N2O2.C20H19FN2O2.C20H21N3O2.C20H20N2O3/c1-15-8-6-7-9-17(15)12-21(23-27-16(2)26)20-14-25(5)22-11-10-18(24(3)4)13-19(20)22;1-14-9-5-6-10-17(14)13-19(22-25-16(3)24)21-15(2)23(4)20-12-8-7-11-18(20)21;2*1-13-6-4-5-7-15(13)10-19(22-25-14(2)24)18-12-23(3)20-9-8-16(21)11-17(18)20;1-13-6-4-5-7-15(13)10-19(21-25-14(2)23)18-12-22(3)20-9-8-16(24)11-17(18)20/h6-11,13-14H,12H2,1-5H3;5-12H,13H2,1-4H3;4-9,11-12H,10H2,1-3H3;4-9,11-12H,10,21H2,1-3H3;4-9,11-12,24H,10H2,1-3H3/b23-21+;3*22-19+;21-19+. The number of nitrogens with zero attached hydrogens (tertiary/aromatic N) is 11. The smallest absolute Gasteiger partial charge is 0.331 e. The minimum Gasteiger partial charge on any atom is -0.508 e. The van der Waals surface area contributed by atoms with E-state index in [4.69, 9.17) is 29.9 Å². The van der Waals surface area contributed by atoms with E-state index in [0.29, 0.717) is 54.9 Å². The number of aromatic hydroxyl groups is 1. The third kappa shape index (κ3) is 23.6. The van der Waals surface area contributed by atoms with Crippen LogP contribution in [0.15, 0.2) is 269 Å². The molecule has 0 bridgehead atoms. The van der Waals surface area contributed by atoms with Crippen molar-refractivity contribution in [3.05, 3.63) is 338 Å². The van der Waals surface area contributed by atoms with Crippen molar-refractivity contribution >= 4 is 124 Å². The lowest BCUT2D eigenvalue weighted by Gasteiger charge is -2.13. The molecule has 0 aliphatic carbocycles. The first-order valence-electron chi connectivity index (χ1n) is 41.4. The van der Waals surface area contributed by atoms with Gasteiger partial charge in [-0.05, 0) is 176 Å². The number of phenolic OH excluding ortho intramolecular Hbond substituents is 1. The first kappa shape index (κ1) is 92.6. The van der Waals surface area contributed by atoms with Crippen LogP contribution in [-0.2, 0) is 116 Å². The summed E-state index contributed by atoms with van der Waals surface area (Å²) in [7, 11) is 13.9. The molecule has 0 saturated carbocycles. The van der Waals surface area contributed by atoms with E-state index in [-0.39, 0.29) is 11.6 Å². The molecule has 15 aromatic rings. The number of hydrogen-bond acceptors (Lipinski definition) is 18. The van der Waals surface area contributed by atoms with Gasteiger partial charge in [-0.2, -0.15) is 0 Å². The highest BCUT2D eigenvalue weighted by molar-refractivity contribution is 6.16. The van der Waals surface area contributed by atoms with Gasteiger partial charge in [-0.15, -0.1) is 0 Å². The van der Waals surface area contributed by atoms with Gasteiger partial charge in [0.1, 0.15) is 11.6 Å². The van der Waals surface area contributed by atoms with E-state index in [9.17, 15) is 33.5 Å². The highest BCUT2D eigenvalue weighted by Gasteiger charge is 2.24. The molecule has 0 saturated heterocycles. The Balaban J connectivity index is 0.000000154. The number of nitrogens with two attached hydrogens (primary N) is 1. The maximum atomic E-state index is 13.8. The fourth-order valence-corrected chi connectivity index (χ4v) is 15.0. The van der Waals surface area contributed by atoms with E-state index in [2.05, 4.69) is 134 Å². The molecule has 0 radical (unpaired) electrons. The lowest BCUT2D eigenvalue weighted by Crippen LogP contribution is -2.10. The Morgan fingerprint density at radius 1 is 0.346 bits per heavy atom. The molecule has 15 rings (SSSR count). The Bertz CT molecular complexity index is 6390. The van der Waals surface area contributed by atoms with Crippen LogP contribution in [0.5, 0.6) is 5.75 Å². The minimum absolute atomic E-state index is 0.183. The first-order valence-corrected chi connectivity index (χ1v) is 41.4. The number of benzene rings is 10. The van der Waals surface area contributed by atoms with Crippen LogP contribution in [0, 0.1) is 47.4 Å². The van der Waals surface area contributed by atoms with E-state index in [0.717, 1.165) is 144 Å². The monoisotopic (exact) mass is 1710 g/mol. The normalized spacial score (nSPS) is 11.7. The van der Waals surface area contributed by atoms with Crippen molar-refractivity contribution < 1.29 is 57.7 Å². The third-order valence-electron chi connectivity index (χ3n) is 21.9. The number of nitrogen functional groups attached to an aromatic ring is 1. The Kier molecular flexibility index (Phi) is 30.9. The number of rotatable bonds is 21. The van der Waals surface area contributed by atoms with Gasteiger partial charge in [0, 0.05) is 240 Å². The minimum atomic E-state index is -0.492. The average molecular weight is 1710 g/mol. The van der Waals surface area contributed by atoms with Crippen LogP contribution >= 0.6 is 0 Å². The molecular weight excluding hydrogens is 1600 g/mol. The molecule has 0 amide bonds. The fraction of sp³-hybridized carbons (Fsp3) is 0.223. The van der Waals surface area contributed by atoms with Crippen LogP contribution in [0.1, 0.15) is 124 Å². The second-order valence-electron chi connectivity index (χ2n) is 31.5. The number of para-hydroxylation sites is 1. The molecule has 0 aliphatic heterocycles. The predicted octanol–water partition coefficient (Wildman–Crippen LogP) is 19.8. The van der Waals surface area contributed by atoms with Gasteiger partial charge in [0.05, 0.1) is 28.6 Å². The molecule has 0 fully saturated rings. The maximum Gasteiger partial charge on any atom is 0.331 e. The summed E-state index contributed by atoms with van der Waals surface area (Å²) in [6.45, 7) is 19.0. The molecule has 0 spiro atoms. The Hall–Kier alpha value is -15.1. The van der Waals surface area contributed by atoms with E-state index in [1.54, 1.807) is 18.2 Å². The number of aryl methyl sites for hydroxylation is 10. The van der Waals surface area contributed by atoms with Gasteiger partial charge in [-0.3, -0.25) is 0 Å². The number of phenols is 1. The number of aromatic nitrogens is 5. The third-order valence-corrected chi connectivity index (χ3v) is 21.9. The molecule has 652 valence electrons. The molecule has 127 heavy (non-hydrogen) atoms. The van der Waals surface area contributed by atoms with Gasteiger partial charge < -0.3 is 62.8 Å². The number of hydrogen-bond donors (Lipinski definition) is 2. The summed E-state index contributed by atoms with van der Waals surface area (Å²) in [6, 6.07) is 70.6. The maximum absolute atomic E-state index is 13.8. The van der Waals surface area contributed by atoms with Gasteiger partial charge in [0.15, 0.2) is 0 Å². The van der Waals surface area contributed by atoms with Crippen LogP contribution in [0.25, 0.3) is 54.5 Å². The molecule has 10 aromatic carbocycles. The summed E-state index contributed by atoms with van der Waals surface area (Å²) in [5, 5.41) is 35.4. The summed E-state index contributed by atoms with van der Waals surface area (Å²) >= 11 is 0. The molecule has 24 heteroatoms. The van der Waals surface area contributed by atoms with Crippen molar-refractivity contribution in [1.82, 2.24) is 22.8 Å². The zero-order valence-electron chi connectivity index (χ0n) is 75.0. The molecule has 23 nitrogen and oxygen atoms in total. The summed E-state index contributed by atoms with van der Waals surface area (Å²) in [5.74, 6) is -2.38. The van der Waals surface area contributed by atoms with Crippen molar-refractivity contribution in [1.29, 1.82) is 0 Å². The van der Waals surface area contributed by atoms with E-state index in [1.807, 2.05) is 223 Å². The van der Waals surface area contributed by atoms with Gasteiger partial charge in [-0.1, -0.05) is 165 Å². The van der Waals surface area contributed by atoms with Crippen molar-refractivity contribution in [3.8, 4) is 5.75 Å². The first-order chi connectivity index (χ1) is 60.7. The summed E-state index contributed by atoms with van der Waals surface area (Å²) in [6.07, 6.45) is 10.6. The predicted molar refractivity (Wildman–Crippen MR) is 506 cm³/mol. The molecular formula is C103H107FN12O11. The number of oxime groups is 5. The number of carbonyl (C=O) groups excluding carboxylic acids is 5. The van der Waals surface area contributed by atoms with E-state index in [1.165, 1.54) is 63.4 Å². The highest BCUT2D eigenvalue weighted by Crippen LogP contribution is 2.33. The SMILES string of the molecule is CC(=O)O/N=C(\Cc1ccccc1C)c1c(C)n(C)c2ccccc12.CC(=O)O/N=C(\Cc1ccccc1C)c1cn(C)c2ccc(F)cc12.CC(=O)O/N=C(\Cc1ccccc1C)c1cn(C)c2ccc(N(C)C)cc12.CC(=O)O/N=C(\Cc1ccccc1C)c1cn(C)c2ccc(N)cc12.CC(=O)O/N=C(\Cc1ccccc1C)c1cn(C)c2ccc(O)cc12. The second kappa shape index (κ2) is 42.3. The Labute approximate surface area is 738 Å². The molecule has 3 N–H and O–H groups in total. The topological polar surface area (TPSA) is 267 Å².